The van der Waals surface area contributed by atoms with E-state index in [1.807, 2.05) is 0 Å². The Morgan fingerprint density at radius 2 is 2.00 bits per heavy atom. The van der Waals surface area contributed by atoms with Crippen molar-refractivity contribution in [3.8, 4) is 0 Å². The minimum absolute atomic E-state index is 0.0819. The van der Waals surface area contributed by atoms with Gasteiger partial charge >= 0.3 is 0 Å². The van der Waals surface area contributed by atoms with E-state index in [0.29, 0.717) is 11.8 Å². The molecule has 2 nitrogen and oxygen atoms in total. The van der Waals surface area contributed by atoms with Crippen LogP contribution in [-0.4, -0.2) is 14.3 Å². The third kappa shape index (κ3) is 2.30. The van der Waals surface area contributed by atoms with Gasteiger partial charge in [-0.25, -0.2) is 0 Å². The molecule has 0 radical (unpaired) electrons. The number of carbonyl (C=O) groups excluding carboxylic acids is 1. The van der Waals surface area contributed by atoms with Crippen LogP contribution in [0.25, 0.3) is 0 Å². The Kier molecular flexibility index (Phi) is 3.49. The second-order valence-electron chi connectivity index (χ2n) is 7.85. The molecule has 1 fully saturated rings. The predicted molar refractivity (Wildman–Crippen MR) is 81.4 cm³/mol. The van der Waals surface area contributed by atoms with Crippen LogP contribution in [0.15, 0.2) is 12.2 Å². The van der Waals surface area contributed by atoms with Crippen LogP contribution in [0.4, 0.5) is 0 Å². The highest BCUT2D eigenvalue weighted by Crippen LogP contribution is 2.55. The molecule has 1 saturated carbocycles. The largest absolute Gasteiger partial charge is 0.519 e. The molecule has 108 valence electrons. The zero-order chi connectivity index (χ0) is 14.5. The molecule has 3 unspecified atom stereocenters. The molecule has 0 aromatic carbocycles. The summed E-state index contributed by atoms with van der Waals surface area (Å²) in [7, 11) is -2.00. The van der Waals surface area contributed by atoms with Crippen molar-refractivity contribution in [2.75, 3.05) is 0 Å². The predicted octanol–water partition coefficient (Wildman–Crippen LogP) is 4.53. The van der Waals surface area contributed by atoms with Crippen molar-refractivity contribution in [2.45, 2.75) is 65.1 Å². The Bertz CT molecular complexity index is 405. The second-order valence-corrected chi connectivity index (χ2v) is 12.6. The molecule has 3 atom stereocenters. The van der Waals surface area contributed by atoms with Gasteiger partial charge in [0.2, 0.25) is 0 Å². The van der Waals surface area contributed by atoms with Crippen LogP contribution in [0.1, 0.15) is 47.0 Å². The van der Waals surface area contributed by atoms with Gasteiger partial charge in [-0.1, -0.05) is 39.8 Å². The fourth-order valence-electron chi connectivity index (χ4n) is 3.23. The summed E-state index contributed by atoms with van der Waals surface area (Å²) in [4.78, 5) is 12.8. The lowest BCUT2D eigenvalue weighted by molar-refractivity contribution is -0.149. The van der Waals surface area contributed by atoms with Gasteiger partial charge in [0.05, 0.1) is 5.41 Å². The van der Waals surface area contributed by atoms with E-state index in [2.05, 4.69) is 52.9 Å². The molecule has 0 amide bonds. The maximum absolute atomic E-state index is 12.8. The zero-order valence-corrected chi connectivity index (χ0v) is 14.2. The number of hydrogen-bond acceptors (Lipinski definition) is 2. The lowest BCUT2D eigenvalue weighted by Gasteiger charge is -2.40. The Labute approximate surface area is 118 Å². The van der Waals surface area contributed by atoms with E-state index >= 15 is 0 Å². The first-order chi connectivity index (χ1) is 8.62. The molecular formula is C16H28O2Si. The van der Waals surface area contributed by atoms with Gasteiger partial charge in [-0.15, -0.1) is 0 Å². The van der Waals surface area contributed by atoms with Crippen LogP contribution in [0.5, 0.6) is 0 Å². The van der Waals surface area contributed by atoms with Crippen LogP contribution in [-0.2, 0) is 9.22 Å². The van der Waals surface area contributed by atoms with E-state index in [0.717, 1.165) is 19.3 Å². The topological polar surface area (TPSA) is 26.3 Å². The first-order valence-electron chi connectivity index (χ1n) is 7.54. The van der Waals surface area contributed by atoms with Crippen molar-refractivity contribution in [3.05, 3.63) is 12.2 Å². The van der Waals surface area contributed by atoms with E-state index in [9.17, 15) is 4.79 Å². The minimum atomic E-state index is -2.00. The van der Waals surface area contributed by atoms with Crippen LogP contribution >= 0.6 is 0 Å². The fourth-order valence-corrected chi connectivity index (χ4v) is 4.20. The third-order valence-corrected chi connectivity index (χ3v) is 10.0. The molecule has 0 aliphatic heterocycles. The summed E-state index contributed by atoms with van der Waals surface area (Å²) in [5.41, 5.74) is -0.227. The molecule has 0 aromatic heterocycles. The number of rotatable bonds is 3. The van der Waals surface area contributed by atoms with Crippen molar-refractivity contribution in [1.82, 2.24) is 0 Å². The van der Waals surface area contributed by atoms with Gasteiger partial charge < -0.3 is 4.43 Å². The van der Waals surface area contributed by atoms with Crippen molar-refractivity contribution in [3.63, 3.8) is 0 Å². The molecule has 0 aromatic rings. The Balaban J connectivity index is 2.18. The summed E-state index contributed by atoms with van der Waals surface area (Å²) in [5, 5.41) is 0.0883. The Morgan fingerprint density at radius 3 is 2.37 bits per heavy atom. The molecule has 0 spiro atoms. The quantitative estimate of drug-likeness (QED) is 0.561. The van der Waals surface area contributed by atoms with Gasteiger partial charge in [-0.3, -0.25) is 4.79 Å². The standard InChI is InChI=1S/C16H28O2Si/c1-7-16(11-12-8-9-13(16)10-12)14(17)18-19(5,6)15(2,3)4/h8-9,12-13H,7,10-11H2,1-6H3. The summed E-state index contributed by atoms with van der Waals surface area (Å²) >= 11 is 0. The molecule has 2 aliphatic carbocycles. The SMILES string of the molecule is CCC1(C(=O)O[Si](C)(C)C(C)(C)C)CC2C=CC1C2. The third-order valence-electron chi connectivity index (χ3n) is 5.70. The minimum Gasteiger partial charge on any atom is -0.519 e. The smallest absolute Gasteiger partial charge is 0.299 e. The van der Waals surface area contributed by atoms with E-state index in [1.54, 1.807) is 0 Å². The molecule has 2 bridgehead atoms. The van der Waals surface area contributed by atoms with Crippen molar-refractivity contribution < 1.29 is 9.22 Å². The van der Waals surface area contributed by atoms with Crippen LogP contribution in [0.2, 0.25) is 18.1 Å². The Hall–Kier alpha value is -0.573. The summed E-state index contributed by atoms with van der Waals surface area (Å²) in [6.45, 7) is 13.0. The van der Waals surface area contributed by atoms with Crippen LogP contribution < -0.4 is 0 Å². The number of fused-ring (bicyclic) bond motifs is 2. The van der Waals surface area contributed by atoms with Gasteiger partial charge in [0, 0.05) is 0 Å². The van der Waals surface area contributed by atoms with Gasteiger partial charge in [-0.05, 0) is 49.2 Å². The molecule has 2 aliphatic rings. The van der Waals surface area contributed by atoms with Crippen LogP contribution in [0.3, 0.4) is 0 Å². The van der Waals surface area contributed by atoms with Crippen molar-refractivity contribution >= 4 is 14.3 Å². The molecule has 3 heteroatoms. The molecule has 0 saturated heterocycles. The summed E-state index contributed by atoms with van der Waals surface area (Å²) in [5.74, 6) is 1.11. The average molecular weight is 280 g/mol. The molecule has 19 heavy (non-hydrogen) atoms. The number of allylic oxidation sites excluding steroid dienone is 2. The van der Waals surface area contributed by atoms with Gasteiger partial charge in [-0.2, -0.15) is 0 Å². The molecule has 2 rings (SSSR count). The monoisotopic (exact) mass is 280 g/mol. The molecular weight excluding hydrogens is 252 g/mol. The highest BCUT2D eigenvalue weighted by molar-refractivity contribution is 6.75. The first kappa shape index (κ1) is 14.8. The lowest BCUT2D eigenvalue weighted by Crippen LogP contribution is -2.48. The lowest BCUT2D eigenvalue weighted by atomic mass is 9.74. The van der Waals surface area contributed by atoms with E-state index < -0.39 is 8.32 Å². The summed E-state index contributed by atoms with van der Waals surface area (Å²) < 4.78 is 6.10. The molecule has 0 heterocycles. The van der Waals surface area contributed by atoms with Crippen molar-refractivity contribution in [1.29, 1.82) is 0 Å². The normalized spacial score (nSPS) is 33.8. The Morgan fingerprint density at radius 1 is 1.37 bits per heavy atom. The van der Waals surface area contributed by atoms with Gasteiger partial charge in [0.1, 0.15) is 0 Å². The van der Waals surface area contributed by atoms with E-state index in [1.165, 1.54) is 0 Å². The molecule has 0 N–H and O–H groups in total. The van der Waals surface area contributed by atoms with Gasteiger partial charge in [0.25, 0.3) is 14.3 Å². The van der Waals surface area contributed by atoms with Gasteiger partial charge in [0.15, 0.2) is 0 Å². The number of carbonyl (C=O) groups is 1. The average Bonchev–Trinajstić information content (AvgIpc) is 2.86. The zero-order valence-electron chi connectivity index (χ0n) is 13.2. The summed E-state index contributed by atoms with van der Waals surface area (Å²) in [6, 6.07) is 0. The number of hydrogen-bond donors (Lipinski definition) is 0. The highest BCUT2D eigenvalue weighted by Gasteiger charge is 2.55. The maximum Gasteiger partial charge on any atom is 0.299 e. The van der Waals surface area contributed by atoms with E-state index in [4.69, 9.17) is 4.43 Å². The fraction of sp³-hybridized carbons (Fsp3) is 0.812. The van der Waals surface area contributed by atoms with Crippen molar-refractivity contribution in [2.24, 2.45) is 17.3 Å². The second kappa shape index (κ2) is 4.47. The first-order valence-corrected chi connectivity index (χ1v) is 10.4. The maximum atomic E-state index is 12.8. The summed E-state index contributed by atoms with van der Waals surface area (Å²) in [6.07, 6.45) is 7.60. The van der Waals surface area contributed by atoms with E-state index in [-0.39, 0.29) is 16.4 Å². The highest BCUT2D eigenvalue weighted by atomic mass is 28.4. The van der Waals surface area contributed by atoms with Crippen LogP contribution in [0, 0.1) is 17.3 Å².